The van der Waals surface area contributed by atoms with Gasteiger partial charge < -0.3 is 11.1 Å². The summed E-state index contributed by atoms with van der Waals surface area (Å²) >= 11 is 0. The number of aliphatic imine (C=N–C) groups is 1. The molecule has 0 bridgehead atoms. The number of Topliss-reactive ketones (excluding diaryl/α,β-unsaturated/α-hetero) is 1. The lowest BCUT2D eigenvalue weighted by atomic mass is 9.77. The summed E-state index contributed by atoms with van der Waals surface area (Å²) < 4.78 is 0. The van der Waals surface area contributed by atoms with Crippen LogP contribution in [0.15, 0.2) is 59.6 Å². The van der Waals surface area contributed by atoms with Crippen LogP contribution in [0.25, 0.3) is 0 Å². The van der Waals surface area contributed by atoms with Gasteiger partial charge in [-0.1, -0.05) is 55.8 Å². The third kappa shape index (κ3) is 3.01. The van der Waals surface area contributed by atoms with E-state index >= 15 is 0 Å². The van der Waals surface area contributed by atoms with Gasteiger partial charge in [-0.05, 0) is 29.7 Å². The van der Waals surface area contributed by atoms with Crippen molar-refractivity contribution in [2.45, 2.75) is 32.2 Å². The molecule has 5 heteroatoms. The van der Waals surface area contributed by atoms with Crippen LogP contribution < -0.4 is 11.1 Å². The number of hydrogen-bond donors (Lipinski definition) is 2. The topological polar surface area (TPSA) is 84.5 Å². The zero-order chi connectivity index (χ0) is 18.7. The molecule has 2 aromatic rings. The monoisotopic (exact) mass is 349 g/mol. The fraction of sp³-hybridized carbons (Fsp3) is 0.286. The molecule has 0 fully saturated rings. The van der Waals surface area contributed by atoms with Crippen molar-refractivity contribution < 1.29 is 9.59 Å². The van der Waals surface area contributed by atoms with Crippen molar-refractivity contribution >= 4 is 23.2 Å². The fourth-order valence-electron chi connectivity index (χ4n) is 3.57. The molecule has 3 N–H and O–H groups in total. The first-order chi connectivity index (χ1) is 12.5. The minimum absolute atomic E-state index is 0.0111. The number of nitrogens with zero attached hydrogens (tertiary/aromatic N) is 1. The van der Waals surface area contributed by atoms with E-state index in [0.29, 0.717) is 23.5 Å². The van der Waals surface area contributed by atoms with Gasteiger partial charge in [0.15, 0.2) is 11.3 Å². The van der Waals surface area contributed by atoms with Crippen molar-refractivity contribution in [3.63, 3.8) is 0 Å². The molecule has 26 heavy (non-hydrogen) atoms. The highest BCUT2D eigenvalue weighted by Gasteiger charge is 2.50. The zero-order valence-electron chi connectivity index (χ0n) is 15.0. The van der Waals surface area contributed by atoms with Gasteiger partial charge in [0.25, 0.3) is 0 Å². The van der Waals surface area contributed by atoms with Gasteiger partial charge in [0.05, 0.1) is 5.92 Å². The molecule has 2 atom stereocenters. The minimum Gasteiger partial charge on any atom is -0.387 e. The summed E-state index contributed by atoms with van der Waals surface area (Å²) in [5, 5.41) is 2.77. The summed E-state index contributed by atoms with van der Waals surface area (Å²) in [7, 11) is 0. The Balaban J connectivity index is 2.18. The van der Waals surface area contributed by atoms with E-state index in [2.05, 4.69) is 5.32 Å². The Morgan fingerprint density at radius 3 is 2.50 bits per heavy atom. The maximum atomic E-state index is 13.5. The van der Waals surface area contributed by atoms with Crippen LogP contribution in [0.5, 0.6) is 0 Å². The first kappa shape index (κ1) is 17.9. The smallest absolute Gasteiger partial charge is 0.221 e. The van der Waals surface area contributed by atoms with E-state index < -0.39 is 5.54 Å². The largest absolute Gasteiger partial charge is 0.387 e. The molecule has 1 aliphatic heterocycles. The molecule has 3 rings (SSSR count). The third-order valence-corrected chi connectivity index (χ3v) is 4.70. The number of anilines is 1. The van der Waals surface area contributed by atoms with Crippen LogP contribution in [0.1, 0.15) is 37.8 Å². The van der Waals surface area contributed by atoms with Crippen LogP contribution in [0.3, 0.4) is 0 Å². The van der Waals surface area contributed by atoms with Crippen molar-refractivity contribution in [2.75, 3.05) is 5.32 Å². The number of amidine groups is 1. The van der Waals surface area contributed by atoms with Gasteiger partial charge in [0.2, 0.25) is 5.91 Å². The highest BCUT2D eigenvalue weighted by molar-refractivity contribution is 6.14. The normalized spacial score (nSPS) is 22.2. The van der Waals surface area contributed by atoms with E-state index in [1.165, 1.54) is 6.92 Å². The van der Waals surface area contributed by atoms with Crippen LogP contribution >= 0.6 is 0 Å². The Labute approximate surface area is 153 Å². The van der Waals surface area contributed by atoms with E-state index in [-0.39, 0.29) is 17.6 Å². The number of carbonyl (C=O) groups excluding carboxylic acids is 2. The molecule has 0 radical (unpaired) electrons. The van der Waals surface area contributed by atoms with Crippen LogP contribution in [0.2, 0.25) is 0 Å². The van der Waals surface area contributed by atoms with Crippen LogP contribution in [0.4, 0.5) is 5.69 Å². The molecule has 0 aromatic heterocycles. The van der Waals surface area contributed by atoms with Gasteiger partial charge in [-0.15, -0.1) is 0 Å². The number of rotatable bonds is 5. The maximum Gasteiger partial charge on any atom is 0.221 e. The van der Waals surface area contributed by atoms with Crippen molar-refractivity contribution in [2.24, 2.45) is 16.6 Å². The van der Waals surface area contributed by atoms with Gasteiger partial charge in [0, 0.05) is 12.6 Å². The average Bonchev–Trinajstić information content (AvgIpc) is 2.88. The van der Waals surface area contributed by atoms with Crippen LogP contribution in [0, 0.1) is 5.92 Å². The SMILES string of the molecule is CCCC1C(=O)C(c2ccccc2)(c2cccc(NC(C)=O)c2)N=C1N. The number of nitrogens with one attached hydrogen (secondary N) is 1. The molecular formula is C21H23N3O2. The lowest BCUT2D eigenvalue weighted by Crippen LogP contribution is -2.36. The number of carbonyl (C=O) groups is 2. The average molecular weight is 349 g/mol. The Kier molecular flexibility index (Phi) is 4.89. The summed E-state index contributed by atoms with van der Waals surface area (Å²) in [6.45, 7) is 3.48. The van der Waals surface area contributed by atoms with Crippen LogP contribution in [-0.2, 0) is 15.1 Å². The summed E-state index contributed by atoms with van der Waals surface area (Å²) in [6.07, 6.45) is 1.53. The summed E-state index contributed by atoms with van der Waals surface area (Å²) in [4.78, 5) is 29.6. The predicted molar refractivity (Wildman–Crippen MR) is 103 cm³/mol. The second-order valence-corrected chi connectivity index (χ2v) is 6.58. The van der Waals surface area contributed by atoms with E-state index in [1.54, 1.807) is 12.1 Å². The molecule has 2 aromatic carbocycles. The van der Waals surface area contributed by atoms with Crippen molar-refractivity contribution in [1.82, 2.24) is 0 Å². The molecule has 2 unspecified atom stereocenters. The number of hydrogen-bond acceptors (Lipinski definition) is 4. The fourth-order valence-corrected chi connectivity index (χ4v) is 3.57. The quantitative estimate of drug-likeness (QED) is 0.869. The molecule has 0 saturated heterocycles. The first-order valence-corrected chi connectivity index (χ1v) is 8.82. The predicted octanol–water partition coefficient (Wildman–Crippen LogP) is 3.24. The van der Waals surface area contributed by atoms with Gasteiger partial charge >= 0.3 is 0 Å². The van der Waals surface area contributed by atoms with Crippen molar-refractivity contribution in [1.29, 1.82) is 0 Å². The Morgan fingerprint density at radius 2 is 1.85 bits per heavy atom. The number of nitrogens with two attached hydrogens (primary N) is 1. The highest BCUT2D eigenvalue weighted by atomic mass is 16.1. The summed E-state index contributed by atoms with van der Waals surface area (Å²) in [6, 6.07) is 16.8. The van der Waals surface area contributed by atoms with Gasteiger partial charge in [-0.25, -0.2) is 4.99 Å². The molecule has 0 saturated carbocycles. The second kappa shape index (κ2) is 7.12. The highest BCUT2D eigenvalue weighted by Crippen LogP contribution is 2.43. The molecule has 1 amide bonds. The molecule has 1 heterocycles. The first-order valence-electron chi connectivity index (χ1n) is 8.82. The van der Waals surface area contributed by atoms with E-state index in [4.69, 9.17) is 10.7 Å². The Bertz CT molecular complexity index is 861. The van der Waals surface area contributed by atoms with Gasteiger partial charge in [-0.2, -0.15) is 0 Å². The van der Waals surface area contributed by atoms with Crippen molar-refractivity contribution in [3.05, 3.63) is 65.7 Å². The minimum atomic E-state index is -1.17. The lowest BCUT2D eigenvalue weighted by molar-refractivity contribution is -0.124. The number of benzene rings is 2. The molecule has 0 aliphatic carbocycles. The van der Waals surface area contributed by atoms with Gasteiger partial charge in [0.1, 0.15) is 5.84 Å². The van der Waals surface area contributed by atoms with Crippen molar-refractivity contribution in [3.8, 4) is 0 Å². The van der Waals surface area contributed by atoms with Crippen LogP contribution in [-0.4, -0.2) is 17.5 Å². The molecule has 5 nitrogen and oxygen atoms in total. The zero-order valence-corrected chi connectivity index (χ0v) is 15.0. The van der Waals surface area contributed by atoms with E-state index in [9.17, 15) is 9.59 Å². The Hall–Kier alpha value is -2.95. The Morgan fingerprint density at radius 1 is 1.15 bits per heavy atom. The van der Waals surface area contributed by atoms with E-state index in [0.717, 1.165) is 12.0 Å². The second-order valence-electron chi connectivity index (χ2n) is 6.58. The molecule has 0 spiro atoms. The van der Waals surface area contributed by atoms with E-state index in [1.807, 2.05) is 49.4 Å². The molecular weight excluding hydrogens is 326 g/mol. The number of amides is 1. The van der Waals surface area contributed by atoms with Gasteiger partial charge in [-0.3, -0.25) is 9.59 Å². The lowest BCUT2D eigenvalue weighted by Gasteiger charge is -2.27. The molecule has 1 aliphatic rings. The third-order valence-electron chi connectivity index (χ3n) is 4.70. The summed E-state index contributed by atoms with van der Waals surface area (Å²) in [5.74, 6) is -0.182. The maximum absolute atomic E-state index is 13.5. The molecule has 134 valence electrons. The summed E-state index contributed by atoms with van der Waals surface area (Å²) in [5.41, 5.74) is 7.14. The standard InChI is InChI=1S/C21H23N3O2/c1-3-8-18-19(26)21(24-20(18)22,15-9-5-4-6-10-15)16-11-7-12-17(13-16)23-14(2)25/h4-7,9-13,18H,3,8H2,1-2H3,(H2,22,24)(H,23,25). The number of ketones is 1.